The number of rotatable bonds is 2. The van der Waals surface area contributed by atoms with Crippen molar-refractivity contribution in [1.29, 1.82) is 0 Å². The van der Waals surface area contributed by atoms with Crippen molar-refractivity contribution in [3.63, 3.8) is 0 Å². The van der Waals surface area contributed by atoms with E-state index in [9.17, 15) is 9.59 Å². The summed E-state index contributed by atoms with van der Waals surface area (Å²) in [6, 6.07) is 4.91. The number of benzene rings is 1. The molecule has 0 radical (unpaired) electrons. The van der Waals surface area contributed by atoms with E-state index < -0.39 is 17.7 Å². The van der Waals surface area contributed by atoms with E-state index in [0.29, 0.717) is 30.1 Å². The predicted molar refractivity (Wildman–Crippen MR) is 84.1 cm³/mol. The van der Waals surface area contributed by atoms with Crippen molar-refractivity contribution in [2.24, 2.45) is 4.99 Å². The minimum Gasteiger partial charge on any atom is -0.462 e. The zero-order chi connectivity index (χ0) is 16.3. The van der Waals surface area contributed by atoms with Crippen LogP contribution in [0, 0.1) is 0 Å². The monoisotopic (exact) mass is 304 g/mol. The molecule has 0 aromatic heterocycles. The van der Waals surface area contributed by atoms with E-state index in [1.165, 1.54) is 4.90 Å². The highest BCUT2D eigenvalue weighted by atomic mass is 16.6. The number of hydrogen-bond donors (Lipinski definition) is 0. The fraction of sp³-hybridized carbons (Fsp3) is 0.438. The number of nitrogens with zero attached hydrogens (tertiary/aromatic N) is 2. The molecular formula is C16H20N2O4. The lowest BCUT2D eigenvalue weighted by Gasteiger charge is -2.29. The highest BCUT2D eigenvalue weighted by molar-refractivity contribution is 6.00. The number of fused-ring (bicyclic) bond motifs is 1. The van der Waals surface area contributed by atoms with Crippen molar-refractivity contribution in [3.05, 3.63) is 23.8 Å². The van der Waals surface area contributed by atoms with E-state index in [4.69, 9.17) is 9.47 Å². The Kier molecular flexibility index (Phi) is 4.49. The number of ether oxygens (including phenoxy) is 2. The first kappa shape index (κ1) is 16.0. The Bertz CT molecular complexity index is 617. The summed E-state index contributed by atoms with van der Waals surface area (Å²) in [4.78, 5) is 29.7. The van der Waals surface area contributed by atoms with Gasteiger partial charge < -0.3 is 9.47 Å². The van der Waals surface area contributed by atoms with Gasteiger partial charge in [-0.2, -0.15) is 0 Å². The number of amides is 1. The number of carbonyl (C=O) groups excluding carboxylic acids is 2. The second-order valence-corrected chi connectivity index (χ2v) is 5.83. The summed E-state index contributed by atoms with van der Waals surface area (Å²) in [6.45, 7) is 7.83. The Hall–Kier alpha value is -2.37. The Morgan fingerprint density at radius 2 is 2.05 bits per heavy atom. The summed E-state index contributed by atoms with van der Waals surface area (Å²) < 4.78 is 10.3. The van der Waals surface area contributed by atoms with Crippen molar-refractivity contribution in [2.45, 2.75) is 33.3 Å². The van der Waals surface area contributed by atoms with Gasteiger partial charge in [0.25, 0.3) is 0 Å². The number of carbonyl (C=O) groups is 2. The van der Waals surface area contributed by atoms with E-state index in [-0.39, 0.29) is 0 Å². The maximum Gasteiger partial charge on any atom is 0.415 e. The largest absolute Gasteiger partial charge is 0.462 e. The third kappa shape index (κ3) is 3.63. The van der Waals surface area contributed by atoms with Gasteiger partial charge in [-0.1, -0.05) is 0 Å². The van der Waals surface area contributed by atoms with Gasteiger partial charge in [0.1, 0.15) is 5.60 Å². The highest BCUT2D eigenvalue weighted by Crippen LogP contribution is 2.33. The number of anilines is 1. The Labute approximate surface area is 129 Å². The maximum absolute atomic E-state index is 12.2. The van der Waals surface area contributed by atoms with Crippen LogP contribution in [-0.2, 0) is 9.47 Å². The number of aliphatic imine (C=N–C) groups is 1. The molecule has 0 atom stereocenters. The standard InChI is InChI=1S/C16H20N2O4/c1-5-21-14(19)11-6-7-13-12(10-11)17-8-9-18(13)15(20)22-16(2,3)4/h6-8,10H,5,9H2,1-4H3. The van der Waals surface area contributed by atoms with E-state index in [2.05, 4.69) is 4.99 Å². The molecule has 1 heterocycles. The van der Waals surface area contributed by atoms with Crippen molar-refractivity contribution >= 4 is 29.7 Å². The fourth-order valence-corrected chi connectivity index (χ4v) is 2.01. The van der Waals surface area contributed by atoms with Crippen LogP contribution < -0.4 is 4.90 Å². The molecule has 1 amide bonds. The average molecular weight is 304 g/mol. The molecule has 1 aliphatic heterocycles. The zero-order valence-electron chi connectivity index (χ0n) is 13.3. The quantitative estimate of drug-likeness (QED) is 0.786. The molecule has 6 nitrogen and oxygen atoms in total. The molecule has 0 bridgehead atoms. The second kappa shape index (κ2) is 6.17. The van der Waals surface area contributed by atoms with Crippen LogP contribution in [0.5, 0.6) is 0 Å². The van der Waals surface area contributed by atoms with E-state index in [1.54, 1.807) is 31.3 Å². The van der Waals surface area contributed by atoms with E-state index >= 15 is 0 Å². The van der Waals surface area contributed by atoms with E-state index in [1.807, 2.05) is 20.8 Å². The molecule has 1 aromatic carbocycles. The lowest BCUT2D eigenvalue weighted by atomic mass is 10.1. The van der Waals surface area contributed by atoms with Gasteiger partial charge in [0.15, 0.2) is 0 Å². The minimum atomic E-state index is -0.573. The third-order valence-electron chi connectivity index (χ3n) is 2.89. The van der Waals surface area contributed by atoms with Crippen molar-refractivity contribution in [1.82, 2.24) is 0 Å². The van der Waals surface area contributed by atoms with Crippen molar-refractivity contribution in [2.75, 3.05) is 18.1 Å². The fourth-order valence-electron chi connectivity index (χ4n) is 2.01. The van der Waals surface area contributed by atoms with Crippen LogP contribution in [0.4, 0.5) is 16.2 Å². The van der Waals surface area contributed by atoms with Crippen LogP contribution in [0.25, 0.3) is 0 Å². The first-order valence-electron chi connectivity index (χ1n) is 7.16. The molecule has 0 saturated heterocycles. The molecule has 0 N–H and O–H groups in total. The molecule has 0 saturated carbocycles. The van der Waals surface area contributed by atoms with Gasteiger partial charge in [0.05, 0.1) is 30.1 Å². The summed E-state index contributed by atoms with van der Waals surface area (Å²) in [7, 11) is 0. The molecule has 0 aliphatic carbocycles. The van der Waals surface area contributed by atoms with Crippen LogP contribution in [0.3, 0.4) is 0 Å². The second-order valence-electron chi connectivity index (χ2n) is 5.83. The zero-order valence-corrected chi connectivity index (χ0v) is 13.3. The Morgan fingerprint density at radius 1 is 1.32 bits per heavy atom. The van der Waals surface area contributed by atoms with Crippen molar-refractivity contribution < 1.29 is 19.1 Å². The predicted octanol–water partition coefficient (Wildman–Crippen LogP) is 3.32. The highest BCUT2D eigenvalue weighted by Gasteiger charge is 2.26. The molecule has 0 fully saturated rings. The van der Waals surface area contributed by atoms with Gasteiger partial charge in [-0.3, -0.25) is 9.89 Å². The molecule has 0 spiro atoms. The Morgan fingerprint density at radius 3 is 2.68 bits per heavy atom. The molecular weight excluding hydrogens is 284 g/mol. The maximum atomic E-state index is 12.2. The van der Waals surface area contributed by atoms with Crippen LogP contribution in [-0.4, -0.2) is 37.0 Å². The van der Waals surface area contributed by atoms with Gasteiger partial charge in [0.2, 0.25) is 0 Å². The third-order valence-corrected chi connectivity index (χ3v) is 2.89. The summed E-state index contributed by atoms with van der Waals surface area (Å²) in [5, 5.41) is 0. The van der Waals surface area contributed by atoms with Crippen LogP contribution in [0.2, 0.25) is 0 Å². The van der Waals surface area contributed by atoms with Crippen LogP contribution in [0.15, 0.2) is 23.2 Å². The lowest BCUT2D eigenvalue weighted by Crippen LogP contribution is -2.39. The molecule has 1 aromatic rings. The van der Waals surface area contributed by atoms with Gasteiger partial charge in [-0.05, 0) is 45.9 Å². The van der Waals surface area contributed by atoms with Crippen LogP contribution >= 0.6 is 0 Å². The smallest absolute Gasteiger partial charge is 0.415 e. The first-order valence-corrected chi connectivity index (χ1v) is 7.16. The van der Waals surface area contributed by atoms with Gasteiger partial charge in [-0.15, -0.1) is 0 Å². The molecule has 1 aliphatic rings. The number of hydrogen-bond acceptors (Lipinski definition) is 5. The average Bonchev–Trinajstić information content (AvgIpc) is 2.44. The summed E-state index contributed by atoms with van der Waals surface area (Å²) in [6.07, 6.45) is 1.17. The van der Waals surface area contributed by atoms with Crippen molar-refractivity contribution in [3.8, 4) is 0 Å². The molecule has 22 heavy (non-hydrogen) atoms. The van der Waals surface area contributed by atoms with Gasteiger partial charge in [-0.25, -0.2) is 9.59 Å². The SMILES string of the molecule is CCOC(=O)c1ccc2c(c1)N=CCN2C(=O)OC(C)(C)C. The van der Waals surface area contributed by atoms with Gasteiger partial charge in [0, 0.05) is 6.21 Å². The number of esters is 1. The molecule has 0 unspecified atom stereocenters. The molecule has 2 rings (SSSR count). The van der Waals surface area contributed by atoms with Crippen LogP contribution in [0.1, 0.15) is 38.1 Å². The minimum absolute atomic E-state index is 0.309. The Balaban J connectivity index is 2.27. The molecule has 6 heteroatoms. The summed E-state index contributed by atoms with van der Waals surface area (Å²) in [5.41, 5.74) is 0.993. The van der Waals surface area contributed by atoms with E-state index in [0.717, 1.165) is 0 Å². The topological polar surface area (TPSA) is 68.2 Å². The summed E-state index contributed by atoms with van der Waals surface area (Å²) >= 11 is 0. The molecule has 118 valence electrons. The van der Waals surface area contributed by atoms with Gasteiger partial charge >= 0.3 is 12.1 Å². The first-order chi connectivity index (χ1) is 10.3. The summed E-state index contributed by atoms with van der Waals surface area (Å²) in [5.74, 6) is -0.408. The lowest BCUT2D eigenvalue weighted by molar-refractivity contribution is 0.0525. The normalized spacial score (nSPS) is 13.5.